The Labute approximate surface area is 97.2 Å². The molecule has 2 heteroatoms. The van der Waals surface area contributed by atoms with Crippen LogP contribution in [0, 0.1) is 6.92 Å². The summed E-state index contributed by atoms with van der Waals surface area (Å²) < 4.78 is 0. The summed E-state index contributed by atoms with van der Waals surface area (Å²) in [6, 6.07) is 2.08. The lowest BCUT2D eigenvalue weighted by Crippen LogP contribution is -2.20. The summed E-state index contributed by atoms with van der Waals surface area (Å²) in [6.07, 6.45) is 5.77. The van der Waals surface area contributed by atoms with Gasteiger partial charge in [0.05, 0.1) is 5.60 Å². The molecule has 0 spiro atoms. The molecule has 0 saturated carbocycles. The van der Waals surface area contributed by atoms with Crippen LogP contribution in [0.3, 0.4) is 0 Å². The predicted octanol–water partition coefficient (Wildman–Crippen LogP) is 4.23. The summed E-state index contributed by atoms with van der Waals surface area (Å²) in [5.74, 6) is 0. The van der Waals surface area contributed by atoms with Crippen LogP contribution in [0.1, 0.15) is 56.4 Å². The molecule has 1 aromatic rings. The minimum atomic E-state index is -0.619. The lowest BCUT2D eigenvalue weighted by atomic mass is 9.94. The molecule has 0 bridgehead atoms. The molecule has 1 unspecified atom stereocenters. The standard InChI is InChI=1S/C13H22OS/c1-4-5-6-7-9-13(3,14)12-11(2)8-10-15-12/h8,10,14H,4-7,9H2,1-3H3. The van der Waals surface area contributed by atoms with Crippen molar-refractivity contribution in [2.24, 2.45) is 0 Å². The number of hydrogen-bond donors (Lipinski definition) is 1. The van der Waals surface area contributed by atoms with E-state index in [0.29, 0.717) is 0 Å². The number of aryl methyl sites for hydroxylation is 1. The Bertz CT molecular complexity index is 288. The van der Waals surface area contributed by atoms with Gasteiger partial charge in [-0.15, -0.1) is 11.3 Å². The van der Waals surface area contributed by atoms with Gasteiger partial charge < -0.3 is 5.11 Å². The van der Waals surface area contributed by atoms with Gasteiger partial charge in [-0.1, -0.05) is 32.6 Å². The molecule has 1 rings (SSSR count). The highest BCUT2D eigenvalue weighted by Crippen LogP contribution is 2.33. The van der Waals surface area contributed by atoms with Crippen molar-refractivity contribution in [3.05, 3.63) is 21.9 Å². The van der Waals surface area contributed by atoms with Gasteiger partial charge in [0, 0.05) is 4.88 Å². The zero-order chi connectivity index (χ0) is 11.3. The molecule has 1 N–H and O–H groups in total. The Morgan fingerprint density at radius 2 is 2.07 bits per heavy atom. The van der Waals surface area contributed by atoms with Crippen molar-refractivity contribution < 1.29 is 5.11 Å². The fourth-order valence-corrected chi connectivity index (χ4v) is 2.95. The molecule has 0 aliphatic carbocycles. The van der Waals surface area contributed by atoms with Crippen LogP contribution in [0.2, 0.25) is 0 Å². The van der Waals surface area contributed by atoms with Crippen LogP contribution in [-0.2, 0) is 5.60 Å². The summed E-state index contributed by atoms with van der Waals surface area (Å²) in [5.41, 5.74) is 0.604. The zero-order valence-corrected chi connectivity index (χ0v) is 10.9. The van der Waals surface area contributed by atoms with E-state index in [9.17, 15) is 5.11 Å². The lowest BCUT2D eigenvalue weighted by Gasteiger charge is -2.23. The predicted molar refractivity (Wildman–Crippen MR) is 67.4 cm³/mol. The molecule has 0 radical (unpaired) electrons. The molecular weight excluding hydrogens is 204 g/mol. The summed E-state index contributed by atoms with van der Waals surface area (Å²) in [6.45, 7) is 6.23. The molecule has 0 aromatic carbocycles. The molecule has 15 heavy (non-hydrogen) atoms. The summed E-state index contributed by atoms with van der Waals surface area (Å²) in [7, 11) is 0. The van der Waals surface area contributed by atoms with E-state index in [4.69, 9.17) is 0 Å². The monoisotopic (exact) mass is 226 g/mol. The first-order valence-electron chi connectivity index (χ1n) is 5.85. The minimum absolute atomic E-state index is 0.619. The van der Waals surface area contributed by atoms with Gasteiger partial charge in [0.15, 0.2) is 0 Å². The summed E-state index contributed by atoms with van der Waals surface area (Å²) in [4.78, 5) is 1.14. The van der Waals surface area contributed by atoms with Crippen molar-refractivity contribution >= 4 is 11.3 Å². The molecule has 86 valence electrons. The molecular formula is C13H22OS. The molecule has 1 heterocycles. The highest BCUT2D eigenvalue weighted by Gasteiger charge is 2.25. The maximum atomic E-state index is 10.4. The first-order chi connectivity index (χ1) is 7.08. The van der Waals surface area contributed by atoms with Crippen molar-refractivity contribution in [3.8, 4) is 0 Å². The molecule has 0 saturated heterocycles. The van der Waals surface area contributed by atoms with Gasteiger partial charge in [-0.05, 0) is 37.3 Å². The molecule has 0 amide bonds. The summed E-state index contributed by atoms with van der Waals surface area (Å²) >= 11 is 1.67. The second kappa shape index (κ2) is 5.66. The lowest BCUT2D eigenvalue weighted by molar-refractivity contribution is 0.0480. The van der Waals surface area contributed by atoms with Crippen molar-refractivity contribution in [3.63, 3.8) is 0 Å². The molecule has 1 nitrogen and oxygen atoms in total. The Morgan fingerprint density at radius 1 is 1.33 bits per heavy atom. The van der Waals surface area contributed by atoms with E-state index in [-0.39, 0.29) is 0 Å². The van der Waals surface area contributed by atoms with Gasteiger partial charge in [-0.25, -0.2) is 0 Å². The number of hydrogen-bond acceptors (Lipinski definition) is 2. The normalized spacial score (nSPS) is 15.2. The number of unbranched alkanes of at least 4 members (excludes halogenated alkanes) is 3. The Kier molecular flexibility index (Phi) is 4.81. The van der Waals surface area contributed by atoms with Gasteiger partial charge in [0.2, 0.25) is 0 Å². The van der Waals surface area contributed by atoms with E-state index >= 15 is 0 Å². The quantitative estimate of drug-likeness (QED) is 0.720. The van der Waals surface area contributed by atoms with Crippen LogP contribution in [0.25, 0.3) is 0 Å². The van der Waals surface area contributed by atoms with Crippen molar-refractivity contribution in [1.29, 1.82) is 0 Å². The van der Waals surface area contributed by atoms with Crippen molar-refractivity contribution in [2.75, 3.05) is 0 Å². The molecule has 1 aromatic heterocycles. The smallest absolute Gasteiger partial charge is 0.0962 e. The third kappa shape index (κ3) is 3.62. The van der Waals surface area contributed by atoms with Crippen molar-refractivity contribution in [2.45, 2.75) is 58.5 Å². The van der Waals surface area contributed by atoms with E-state index in [2.05, 4.69) is 25.3 Å². The first-order valence-corrected chi connectivity index (χ1v) is 6.73. The molecule has 0 aliphatic heterocycles. The maximum absolute atomic E-state index is 10.4. The van der Waals surface area contributed by atoms with Crippen LogP contribution >= 0.6 is 11.3 Å². The van der Waals surface area contributed by atoms with Gasteiger partial charge in [0.25, 0.3) is 0 Å². The van der Waals surface area contributed by atoms with Gasteiger partial charge in [0.1, 0.15) is 0 Å². The third-order valence-electron chi connectivity index (χ3n) is 2.87. The Morgan fingerprint density at radius 3 is 2.60 bits per heavy atom. The number of thiophene rings is 1. The van der Waals surface area contributed by atoms with Crippen LogP contribution in [-0.4, -0.2) is 5.11 Å². The van der Waals surface area contributed by atoms with Crippen molar-refractivity contribution in [1.82, 2.24) is 0 Å². The third-order valence-corrected chi connectivity index (χ3v) is 4.14. The fourth-order valence-electron chi connectivity index (χ4n) is 1.93. The Balaban J connectivity index is 2.48. The fraction of sp³-hybridized carbons (Fsp3) is 0.692. The minimum Gasteiger partial charge on any atom is -0.385 e. The maximum Gasteiger partial charge on any atom is 0.0962 e. The van der Waals surface area contributed by atoms with E-state index in [0.717, 1.165) is 17.7 Å². The van der Waals surface area contributed by atoms with Gasteiger partial charge in [-0.3, -0.25) is 0 Å². The van der Waals surface area contributed by atoms with E-state index < -0.39 is 5.60 Å². The van der Waals surface area contributed by atoms with E-state index in [1.54, 1.807) is 11.3 Å². The second-order valence-corrected chi connectivity index (χ2v) is 5.43. The first kappa shape index (κ1) is 12.7. The number of rotatable bonds is 6. The average Bonchev–Trinajstić information content (AvgIpc) is 2.60. The van der Waals surface area contributed by atoms with Gasteiger partial charge >= 0.3 is 0 Å². The largest absolute Gasteiger partial charge is 0.385 e. The van der Waals surface area contributed by atoms with E-state index in [1.807, 2.05) is 6.92 Å². The van der Waals surface area contributed by atoms with Gasteiger partial charge in [-0.2, -0.15) is 0 Å². The van der Waals surface area contributed by atoms with E-state index in [1.165, 1.54) is 24.8 Å². The highest BCUT2D eigenvalue weighted by atomic mass is 32.1. The zero-order valence-electron chi connectivity index (χ0n) is 10.0. The summed E-state index contributed by atoms with van der Waals surface area (Å²) in [5, 5.41) is 12.4. The van der Waals surface area contributed by atoms with Crippen LogP contribution < -0.4 is 0 Å². The highest BCUT2D eigenvalue weighted by molar-refractivity contribution is 7.10. The number of aliphatic hydroxyl groups is 1. The van der Waals surface area contributed by atoms with Crippen LogP contribution in [0.4, 0.5) is 0 Å². The average molecular weight is 226 g/mol. The second-order valence-electron chi connectivity index (χ2n) is 4.52. The molecule has 0 fully saturated rings. The topological polar surface area (TPSA) is 20.2 Å². The SMILES string of the molecule is CCCCCCC(C)(O)c1sccc1C. The molecule has 0 aliphatic rings. The molecule has 1 atom stereocenters. The van der Waals surface area contributed by atoms with Crippen LogP contribution in [0.15, 0.2) is 11.4 Å². The van der Waals surface area contributed by atoms with Crippen LogP contribution in [0.5, 0.6) is 0 Å². The Hall–Kier alpha value is -0.340.